The van der Waals surface area contributed by atoms with E-state index in [1.807, 2.05) is 27.7 Å². The fourth-order valence-corrected chi connectivity index (χ4v) is 2.35. The SMILES string of the molecule is CCC(O)CNS(=O)(=O)CCC(C)(C)C. The summed E-state index contributed by atoms with van der Waals surface area (Å²) in [6.07, 6.45) is 0.584. The summed E-state index contributed by atoms with van der Waals surface area (Å²) in [5.74, 6) is 0.118. The van der Waals surface area contributed by atoms with Crippen LogP contribution >= 0.6 is 0 Å². The third-order valence-corrected chi connectivity index (χ3v) is 3.48. The molecule has 0 aliphatic rings. The Morgan fingerprint density at radius 3 is 2.27 bits per heavy atom. The molecule has 15 heavy (non-hydrogen) atoms. The van der Waals surface area contributed by atoms with Crippen molar-refractivity contribution in [2.75, 3.05) is 12.3 Å². The van der Waals surface area contributed by atoms with Gasteiger partial charge < -0.3 is 5.11 Å². The molecule has 1 atom stereocenters. The second kappa shape index (κ2) is 5.82. The van der Waals surface area contributed by atoms with Crippen LogP contribution in [0, 0.1) is 5.41 Å². The molecule has 0 aliphatic heterocycles. The lowest BCUT2D eigenvalue weighted by molar-refractivity contribution is 0.174. The van der Waals surface area contributed by atoms with Crippen LogP contribution in [0.3, 0.4) is 0 Å². The van der Waals surface area contributed by atoms with Gasteiger partial charge in [0, 0.05) is 6.54 Å². The van der Waals surface area contributed by atoms with Crippen molar-refractivity contribution in [1.29, 1.82) is 0 Å². The van der Waals surface area contributed by atoms with E-state index in [4.69, 9.17) is 0 Å². The Morgan fingerprint density at radius 1 is 1.33 bits per heavy atom. The first kappa shape index (κ1) is 14.9. The van der Waals surface area contributed by atoms with Crippen LogP contribution in [-0.4, -0.2) is 31.9 Å². The average molecular weight is 237 g/mol. The monoisotopic (exact) mass is 237 g/mol. The Morgan fingerprint density at radius 2 is 1.87 bits per heavy atom. The normalized spacial score (nSPS) is 15.3. The molecule has 1 unspecified atom stereocenters. The first-order valence-electron chi connectivity index (χ1n) is 5.32. The van der Waals surface area contributed by atoms with Crippen molar-refractivity contribution < 1.29 is 13.5 Å². The third-order valence-electron chi connectivity index (χ3n) is 2.13. The number of rotatable bonds is 6. The zero-order valence-electron chi connectivity index (χ0n) is 10.1. The molecule has 0 saturated carbocycles. The largest absolute Gasteiger partial charge is 0.392 e. The molecule has 0 spiro atoms. The van der Waals surface area contributed by atoms with E-state index in [2.05, 4.69) is 4.72 Å². The Bertz CT molecular complexity index is 267. The topological polar surface area (TPSA) is 66.4 Å². The van der Waals surface area contributed by atoms with Crippen LogP contribution in [0.4, 0.5) is 0 Å². The van der Waals surface area contributed by atoms with Crippen LogP contribution in [0.2, 0.25) is 0 Å². The van der Waals surface area contributed by atoms with Crippen molar-refractivity contribution >= 4 is 10.0 Å². The second-order valence-electron chi connectivity index (χ2n) is 5.04. The molecule has 0 heterocycles. The van der Waals surface area contributed by atoms with Crippen LogP contribution in [0.1, 0.15) is 40.5 Å². The standard InChI is InChI=1S/C10H23NO3S/c1-5-9(12)8-11-15(13,14)7-6-10(2,3)4/h9,11-12H,5-8H2,1-4H3. The van der Waals surface area contributed by atoms with E-state index in [9.17, 15) is 13.5 Å². The maximum absolute atomic E-state index is 11.5. The molecule has 0 radical (unpaired) electrons. The van der Waals surface area contributed by atoms with Gasteiger partial charge in [0.15, 0.2) is 0 Å². The predicted molar refractivity (Wildman–Crippen MR) is 62.2 cm³/mol. The highest BCUT2D eigenvalue weighted by Crippen LogP contribution is 2.18. The van der Waals surface area contributed by atoms with Gasteiger partial charge in [-0.3, -0.25) is 0 Å². The molecule has 0 amide bonds. The van der Waals surface area contributed by atoms with Crippen molar-refractivity contribution in [2.45, 2.75) is 46.6 Å². The van der Waals surface area contributed by atoms with E-state index in [1.54, 1.807) is 0 Å². The molecule has 0 saturated heterocycles. The first-order chi connectivity index (χ1) is 6.66. The number of hydrogen-bond acceptors (Lipinski definition) is 3. The highest BCUT2D eigenvalue weighted by atomic mass is 32.2. The summed E-state index contributed by atoms with van der Waals surface area (Å²) < 4.78 is 25.4. The number of aliphatic hydroxyl groups is 1. The van der Waals surface area contributed by atoms with Crippen LogP contribution in [0.15, 0.2) is 0 Å². The highest BCUT2D eigenvalue weighted by molar-refractivity contribution is 7.89. The average Bonchev–Trinajstić information content (AvgIpc) is 2.10. The van der Waals surface area contributed by atoms with E-state index < -0.39 is 16.1 Å². The summed E-state index contributed by atoms with van der Waals surface area (Å²) >= 11 is 0. The minimum atomic E-state index is -3.23. The van der Waals surface area contributed by atoms with Gasteiger partial charge in [-0.05, 0) is 18.3 Å². The molecule has 0 aromatic heterocycles. The van der Waals surface area contributed by atoms with Gasteiger partial charge in [0.25, 0.3) is 0 Å². The van der Waals surface area contributed by atoms with Gasteiger partial charge in [0.1, 0.15) is 0 Å². The maximum atomic E-state index is 11.5. The first-order valence-corrected chi connectivity index (χ1v) is 6.97. The lowest BCUT2D eigenvalue weighted by Crippen LogP contribution is -2.34. The van der Waals surface area contributed by atoms with E-state index in [1.165, 1.54) is 0 Å². The van der Waals surface area contributed by atoms with Gasteiger partial charge in [0.05, 0.1) is 11.9 Å². The predicted octanol–water partition coefficient (Wildman–Crippen LogP) is 1.11. The van der Waals surface area contributed by atoms with Crippen LogP contribution in [0.25, 0.3) is 0 Å². The molecule has 2 N–H and O–H groups in total. The Labute approximate surface area is 93.1 Å². The quantitative estimate of drug-likeness (QED) is 0.727. The highest BCUT2D eigenvalue weighted by Gasteiger charge is 2.17. The summed E-state index contributed by atoms with van der Waals surface area (Å²) in [6, 6.07) is 0. The molecule has 0 aromatic carbocycles. The Kier molecular flexibility index (Phi) is 5.77. The van der Waals surface area contributed by atoms with Crippen LogP contribution in [-0.2, 0) is 10.0 Å². The molecule has 0 aliphatic carbocycles. The second-order valence-corrected chi connectivity index (χ2v) is 6.97. The van der Waals surface area contributed by atoms with E-state index in [-0.39, 0.29) is 17.7 Å². The number of aliphatic hydroxyl groups excluding tert-OH is 1. The lowest BCUT2D eigenvalue weighted by Gasteiger charge is -2.18. The van der Waals surface area contributed by atoms with Crippen LogP contribution < -0.4 is 4.72 Å². The van der Waals surface area contributed by atoms with E-state index in [0.29, 0.717) is 12.8 Å². The van der Waals surface area contributed by atoms with Crippen molar-refractivity contribution in [3.05, 3.63) is 0 Å². The van der Waals surface area contributed by atoms with Crippen molar-refractivity contribution in [2.24, 2.45) is 5.41 Å². The fourth-order valence-electron chi connectivity index (χ4n) is 0.880. The molecule has 4 nitrogen and oxygen atoms in total. The van der Waals surface area contributed by atoms with Gasteiger partial charge in [-0.2, -0.15) is 0 Å². The minimum absolute atomic E-state index is 0.0120. The molecular formula is C10H23NO3S. The Hall–Kier alpha value is -0.130. The summed E-state index contributed by atoms with van der Waals surface area (Å²) in [6.45, 7) is 7.94. The molecular weight excluding hydrogens is 214 g/mol. The molecule has 92 valence electrons. The van der Waals surface area contributed by atoms with Gasteiger partial charge in [-0.15, -0.1) is 0 Å². The van der Waals surface area contributed by atoms with Crippen molar-refractivity contribution in [3.63, 3.8) is 0 Å². The molecule has 0 rings (SSSR count). The Balaban J connectivity index is 3.99. The molecule has 0 aromatic rings. The van der Waals surface area contributed by atoms with E-state index in [0.717, 1.165) is 0 Å². The van der Waals surface area contributed by atoms with Crippen LogP contribution in [0.5, 0.6) is 0 Å². The summed E-state index contributed by atoms with van der Waals surface area (Å²) in [4.78, 5) is 0. The minimum Gasteiger partial charge on any atom is -0.392 e. The lowest BCUT2D eigenvalue weighted by atomic mass is 9.94. The number of hydrogen-bond donors (Lipinski definition) is 2. The maximum Gasteiger partial charge on any atom is 0.211 e. The third kappa shape index (κ3) is 8.84. The summed E-state index contributed by atoms with van der Waals surface area (Å²) in [5.41, 5.74) is 0.0120. The van der Waals surface area contributed by atoms with E-state index >= 15 is 0 Å². The fraction of sp³-hybridized carbons (Fsp3) is 1.00. The molecule has 0 fully saturated rings. The number of sulfonamides is 1. The zero-order valence-corrected chi connectivity index (χ0v) is 10.9. The molecule has 5 heteroatoms. The van der Waals surface area contributed by atoms with Gasteiger partial charge in [0.2, 0.25) is 10.0 Å². The van der Waals surface area contributed by atoms with Gasteiger partial charge >= 0.3 is 0 Å². The van der Waals surface area contributed by atoms with Gasteiger partial charge in [-0.25, -0.2) is 13.1 Å². The van der Waals surface area contributed by atoms with Crippen molar-refractivity contribution in [3.8, 4) is 0 Å². The summed E-state index contributed by atoms with van der Waals surface area (Å²) in [7, 11) is -3.23. The van der Waals surface area contributed by atoms with Gasteiger partial charge in [-0.1, -0.05) is 27.7 Å². The summed E-state index contributed by atoms with van der Waals surface area (Å²) in [5, 5.41) is 9.22. The smallest absolute Gasteiger partial charge is 0.211 e. The number of nitrogens with one attached hydrogen (secondary N) is 1. The zero-order chi connectivity index (χ0) is 12.1. The van der Waals surface area contributed by atoms with Crippen molar-refractivity contribution in [1.82, 2.24) is 4.72 Å². The molecule has 0 bridgehead atoms.